The molecule has 0 saturated carbocycles. The number of hydrogen-bond donors (Lipinski definition) is 0. The third kappa shape index (κ3) is 6.22. The number of hydrogen-bond acceptors (Lipinski definition) is 5. The predicted molar refractivity (Wildman–Crippen MR) is 115 cm³/mol. The van der Waals surface area contributed by atoms with Crippen molar-refractivity contribution in [2.24, 2.45) is 4.99 Å². The van der Waals surface area contributed by atoms with Gasteiger partial charge in [-0.3, -0.25) is 14.8 Å². The maximum Gasteiger partial charge on any atom is 0.220 e. The highest BCUT2D eigenvalue weighted by Gasteiger charge is 2.27. The van der Waals surface area contributed by atoms with Crippen LogP contribution in [0, 0.1) is 5.82 Å². The maximum atomic E-state index is 14.1. The van der Waals surface area contributed by atoms with Crippen LogP contribution in [0.25, 0.3) is 0 Å². The molecule has 1 amide bonds. The molecule has 160 valence electrons. The molecule has 0 aliphatic heterocycles. The second kappa shape index (κ2) is 11.8. The SMILES string of the molecule is C/C=C\N=C(CC)CN(C(C)=O)C(COC)c1cnccc1Oc1ccccc1F. The molecule has 0 spiro atoms. The number of carbonyl (C=O) groups excluding carboxylic acids is 1. The largest absolute Gasteiger partial charge is 0.454 e. The monoisotopic (exact) mass is 413 g/mol. The van der Waals surface area contributed by atoms with Crippen molar-refractivity contribution in [1.29, 1.82) is 0 Å². The predicted octanol–water partition coefficient (Wildman–Crippen LogP) is 4.93. The summed E-state index contributed by atoms with van der Waals surface area (Å²) in [4.78, 5) is 22.8. The van der Waals surface area contributed by atoms with Gasteiger partial charge in [-0.2, -0.15) is 0 Å². The summed E-state index contributed by atoms with van der Waals surface area (Å²) in [5.41, 5.74) is 1.48. The van der Waals surface area contributed by atoms with Crippen molar-refractivity contribution in [2.45, 2.75) is 33.2 Å². The first-order valence-corrected chi connectivity index (χ1v) is 9.80. The minimum Gasteiger partial charge on any atom is -0.454 e. The first-order chi connectivity index (χ1) is 14.5. The number of carbonyl (C=O) groups is 1. The Kier molecular flexibility index (Phi) is 9.15. The highest BCUT2D eigenvalue weighted by atomic mass is 19.1. The number of halogens is 1. The Labute approximate surface area is 177 Å². The van der Waals surface area contributed by atoms with Gasteiger partial charge in [-0.1, -0.05) is 25.1 Å². The van der Waals surface area contributed by atoms with Gasteiger partial charge in [0.05, 0.1) is 19.2 Å². The standard InChI is InChI=1S/C23H28FN3O3/c1-5-12-26-18(6-2)15-27(17(3)28)21(16-29-4)19-14-25-13-11-22(19)30-23-10-8-7-9-20(23)24/h5,7-14,21H,6,15-16H2,1-4H3/b12-5-,26-18?. The quantitative estimate of drug-likeness (QED) is 0.518. The first kappa shape index (κ1) is 23.2. The Hall–Kier alpha value is -3.06. The fourth-order valence-corrected chi connectivity index (χ4v) is 2.95. The molecule has 6 nitrogen and oxygen atoms in total. The molecule has 1 heterocycles. The van der Waals surface area contributed by atoms with Crippen LogP contribution in [0.4, 0.5) is 4.39 Å². The molecular formula is C23H28FN3O3. The molecule has 0 saturated heterocycles. The lowest BCUT2D eigenvalue weighted by Crippen LogP contribution is -2.39. The zero-order valence-electron chi connectivity index (χ0n) is 17.8. The smallest absolute Gasteiger partial charge is 0.220 e. The Morgan fingerprint density at radius 2 is 2.07 bits per heavy atom. The topological polar surface area (TPSA) is 64.0 Å². The van der Waals surface area contributed by atoms with E-state index < -0.39 is 11.9 Å². The van der Waals surface area contributed by atoms with Crippen LogP contribution < -0.4 is 4.74 Å². The summed E-state index contributed by atoms with van der Waals surface area (Å²) in [5, 5.41) is 0. The van der Waals surface area contributed by atoms with E-state index in [0.29, 0.717) is 24.3 Å². The van der Waals surface area contributed by atoms with Crippen LogP contribution in [-0.2, 0) is 9.53 Å². The summed E-state index contributed by atoms with van der Waals surface area (Å²) < 4.78 is 25.4. The van der Waals surface area contributed by atoms with Crippen molar-refractivity contribution in [3.8, 4) is 11.5 Å². The van der Waals surface area contributed by atoms with E-state index in [-0.39, 0.29) is 18.3 Å². The molecule has 1 unspecified atom stereocenters. The Bertz CT molecular complexity index is 899. The van der Waals surface area contributed by atoms with Gasteiger partial charge in [0.1, 0.15) is 5.75 Å². The molecular weight excluding hydrogens is 385 g/mol. The van der Waals surface area contributed by atoms with Crippen LogP contribution in [0.3, 0.4) is 0 Å². The first-order valence-electron chi connectivity index (χ1n) is 9.80. The lowest BCUT2D eigenvalue weighted by atomic mass is 10.1. The van der Waals surface area contributed by atoms with Crippen molar-refractivity contribution in [1.82, 2.24) is 9.88 Å². The van der Waals surface area contributed by atoms with Crippen molar-refractivity contribution in [2.75, 3.05) is 20.3 Å². The van der Waals surface area contributed by atoms with E-state index in [1.54, 1.807) is 54.9 Å². The van der Waals surface area contributed by atoms with Crippen LogP contribution in [0.15, 0.2) is 60.0 Å². The van der Waals surface area contributed by atoms with Gasteiger partial charge in [-0.15, -0.1) is 0 Å². The number of aromatic nitrogens is 1. The number of amides is 1. The summed E-state index contributed by atoms with van der Waals surface area (Å²) in [5.74, 6) is -0.107. The molecule has 2 rings (SSSR count). The molecule has 30 heavy (non-hydrogen) atoms. The molecule has 7 heteroatoms. The average Bonchev–Trinajstić information content (AvgIpc) is 2.74. The Morgan fingerprint density at radius 3 is 2.70 bits per heavy atom. The maximum absolute atomic E-state index is 14.1. The fourth-order valence-electron chi connectivity index (χ4n) is 2.95. The highest BCUT2D eigenvalue weighted by molar-refractivity contribution is 5.90. The van der Waals surface area contributed by atoms with Crippen molar-refractivity contribution in [3.63, 3.8) is 0 Å². The molecule has 0 radical (unpaired) electrons. The van der Waals surface area contributed by atoms with Gasteiger partial charge in [-0.25, -0.2) is 4.39 Å². The summed E-state index contributed by atoms with van der Waals surface area (Å²) >= 11 is 0. The van der Waals surface area contributed by atoms with E-state index >= 15 is 0 Å². The van der Waals surface area contributed by atoms with Crippen LogP contribution in [0.2, 0.25) is 0 Å². The van der Waals surface area contributed by atoms with E-state index in [1.165, 1.54) is 13.0 Å². The minimum absolute atomic E-state index is 0.0967. The highest BCUT2D eigenvalue weighted by Crippen LogP contribution is 2.33. The van der Waals surface area contributed by atoms with E-state index in [0.717, 1.165) is 5.71 Å². The molecule has 0 aliphatic rings. The van der Waals surface area contributed by atoms with Gasteiger partial charge in [0.15, 0.2) is 11.6 Å². The van der Waals surface area contributed by atoms with Gasteiger partial charge in [-0.05, 0) is 31.5 Å². The van der Waals surface area contributed by atoms with Gasteiger partial charge in [0.25, 0.3) is 0 Å². The molecule has 0 N–H and O–H groups in total. The molecule has 0 aliphatic carbocycles. The van der Waals surface area contributed by atoms with Crippen LogP contribution in [0.5, 0.6) is 11.5 Å². The second-order valence-electron chi connectivity index (χ2n) is 6.60. The molecule has 1 atom stereocenters. The molecule has 1 aromatic carbocycles. The Balaban J connectivity index is 2.45. The van der Waals surface area contributed by atoms with Gasteiger partial charge in [0.2, 0.25) is 5.91 Å². The number of para-hydroxylation sites is 1. The van der Waals surface area contributed by atoms with Crippen LogP contribution >= 0.6 is 0 Å². The number of benzene rings is 1. The second-order valence-corrected chi connectivity index (χ2v) is 6.60. The number of methoxy groups -OCH3 is 1. The lowest BCUT2D eigenvalue weighted by Gasteiger charge is -2.32. The molecule has 0 bridgehead atoms. The van der Waals surface area contributed by atoms with Crippen molar-refractivity contribution in [3.05, 3.63) is 66.4 Å². The number of nitrogens with zero attached hydrogens (tertiary/aromatic N) is 3. The molecule has 0 fully saturated rings. The van der Waals surface area contributed by atoms with Gasteiger partial charge < -0.3 is 14.4 Å². The zero-order valence-corrected chi connectivity index (χ0v) is 17.8. The molecule has 1 aromatic heterocycles. The van der Waals surface area contributed by atoms with Crippen LogP contribution in [0.1, 0.15) is 38.8 Å². The summed E-state index contributed by atoms with van der Waals surface area (Å²) in [6, 6.07) is 7.33. The van der Waals surface area contributed by atoms with E-state index in [4.69, 9.17) is 9.47 Å². The summed E-state index contributed by atoms with van der Waals surface area (Å²) in [6.07, 6.45) is 7.41. The minimum atomic E-state index is -0.481. The number of pyridine rings is 1. The van der Waals surface area contributed by atoms with Crippen molar-refractivity contribution >= 4 is 11.6 Å². The van der Waals surface area contributed by atoms with E-state index in [2.05, 4.69) is 9.98 Å². The van der Waals surface area contributed by atoms with Gasteiger partial charge >= 0.3 is 0 Å². The van der Waals surface area contributed by atoms with Crippen LogP contribution in [-0.4, -0.2) is 41.8 Å². The van der Waals surface area contributed by atoms with E-state index in [9.17, 15) is 9.18 Å². The Morgan fingerprint density at radius 1 is 1.30 bits per heavy atom. The number of rotatable bonds is 10. The fraction of sp³-hybridized carbons (Fsp3) is 0.348. The summed E-state index contributed by atoms with van der Waals surface area (Å²) in [7, 11) is 1.56. The number of aliphatic imine (C=N–C) groups is 1. The van der Waals surface area contributed by atoms with E-state index in [1.807, 2.05) is 19.9 Å². The number of allylic oxidation sites excluding steroid dienone is 1. The third-order valence-electron chi connectivity index (χ3n) is 4.50. The average molecular weight is 413 g/mol. The molecule has 2 aromatic rings. The summed E-state index contributed by atoms with van der Waals surface area (Å²) in [6.45, 7) is 5.93. The lowest BCUT2D eigenvalue weighted by molar-refractivity contribution is -0.131. The zero-order chi connectivity index (χ0) is 21.9. The van der Waals surface area contributed by atoms with Crippen molar-refractivity contribution < 1.29 is 18.7 Å². The van der Waals surface area contributed by atoms with Gasteiger partial charge in [0, 0.05) is 43.9 Å². The normalized spacial score (nSPS) is 12.8. The third-order valence-corrected chi connectivity index (χ3v) is 4.50. The number of ether oxygens (including phenoxy) is 2.